The van der Waals surface area contributed by atoms with E-state index in [0.29, 0.717) is 0 Å². The Bertz CT molecular complexity index is 595. The number of hydrogen-bond acceptors (Lipinski definition) is 3. The summed E-state index contributed by atoms with van der Waals surface area (Å²) in [6.45, 7) is 0. The number of pyridine rings is 1. The van der Waals surface area contributed by atoms with Crippen molar-refractivity contribution in [2.45, 2.75) is 32.1 Å². The monoisotopic (exact) mass is 261 g/mol. The summed E-state index contributed by atoms with van der Waals surface area (Å²) in [6.07, 6.45) is 5.77. The zero-order chi connectivity index (χ0) is 12.5. The van der Waals surface area contributed by atoms with Crippen molar-refractivity contribution in [3.8, 4) is 0 Å². The van der Waals surface area contributed by atoms with Crippen LogP contribution in [0.15, 0.2) is 18.2 Å². The van der Waals surface area contributed by atoms with Crippen LogP contribution in [0.5, 0.6) is 0 Å². The lowest BCUT2D eigenvalue weighted by atomic mass is 10.0. The van der Waals surface area contributed by atoms with Crippen LogP contribution in [0.3, 0.4) is 0 Å². The third-order valence-corrected chi connectivity index (χ3v) is 3.85. The summed E-state index contributed by atoms with van der Waals surface area (Å²) in [5, 5.41) is 1.74. The number of hydrazine groups is 1. The summed E-state index contributed by atoms with van der Waals surface area (Å²) in [5.74, 6) is 5.72. The molecule has 0 bridgehead atoms. The molecular formula is C14H16ClN3. The van der Waals surface area contributed by atoms with Crippen molar-refractivity contribution in [1.82, 2.24) is 4.98 Å². The number of anilines is 1. The fraction of sp³-hybridized carbons (Fsp3) is 0.357. The molecule has 0 saturated carbocycles. The minimum absolute atomic E-state index is 0.717. The SMILES string of the molecule is NNc1c2c(nc3ccc(Cl)cc13)CCCCC2. The Morgan fingerprint density at radius 1 is 1.17 bits per heavy atom. The zero-order valence-corrected chi connectivity index (χ0v) is 10.9. The zero-order valence-electron chi connectivity index (χ0n) is 10.2. The summed E-state index contributed by atoms with van der Waals surface area (Å²) in [6, 6.07) is 5.77. The van der Waals surface area contributed by atoms with Gasteiger partial charge in [-0.25, -0.2) is 0 Å². The molecule has 1 aliphatic rings. The molecule has 0 fully saturated rings. The van der Waals surface area contributed by atoms with Gasteiger partial charge in [0.25, 0.3) is 0 Å². The molecule has 94 valence electrons. The molecule has 3 N–H and O–H groups in total. The number of nitrogen functional groups attached to an aromatic ring is 1. The van der Waals surface area contributed by atoms with Gasteiger partial charge in [-0.3, -0.25) is 10.8 Å². The lowest BCUT2D eigenvalue weighted by molar-refractivity contribution is 0.709. The molecule has 2 aromatic rings. The first-order valence-electron chi connectivity index (χ1n) is 6.37. The van der Waals surface area contributed by atoms with Gasteiger partial charge in [0.15, 0.2) is 0 Å². The molecule has 0 saturated heterocycles. The molecule has 0 atom stereocenters. The number of aromatic nitrogens is 1. The van der Waals surface area contributed by atoms with Crippen molar-refractivity contribution in [3.63, 3.8) is 0 Å². The third kappa shape index (κ3) is 1.93. The molecule has 0 aliphatic heterocycles. The van der Waals surface area contributed by atoms with Gasteiger partial charge in [-0.05, 0) is 49.4 Å². The number of halogens is 1. The molecule has 4 heteroatoms. The second kappa shape index (κ2) is 4.75. The van der Waals surface area contributed by atoms with Gasteiger partial charge in [-0.15, -0.1) is 0 Å². The average Bonchev–Trinajstić information content (AvgIpc) is 2.61. The molecule has 0 radical (unpaired) electrons. The largest absolute Gasteiger partial charge is 0.323 e. The van der Waals surface area contributed by atoms with Gasteiger partial charge in [0.1, 0.15) is 0 Å². The van der Waals surface area contributed by atoms with E-state index < -0.39 is 0 Å². The van der Waals surface area contributed by atoms with Crippen LogP contribution in [0.25, 0.3) is 10.9 Å². The van der Waals surface area contributed by atoms with Crippen LogP contribution in [0.2, 0.25) is 5.02 Å². The van der Waals surface area contributed by atoms with Crippen LogP contribution >= 0.6 is 11.6 Å². The van der Waals surface area contributed by atoms with Gasteiger partial charge >= 0.3 is 0 Å². The Morgan fingerprint density at radius 3 is 2.83 bits per heavy atom. The first-order chi connectivity index (χ1) is 8.79. The lowest BCUT2D eigenvalue weighted by Gasteiger charge is -2.14. The second-order valence-corrected chi connectivity index (χ2v) is 5.21. The highest BCUT2D eigenvalue weighted by atomic mass is 35.5. The Hall–Kier alpha value is -1.32. The molecule has 0 spiro atoms. The van der Waals surface area contributed by atoms with E-state index in [1.165, 1.54) is 30.5 Å². The van der Waals surface area contributed by atoms with Crippen molar-refractivity contribution in [3.05, 3.63) is 34.5 Å². The number of nitrogens with one attached hydrogen (secondary N) is 1. The fourth-order valence-corrected chi connectivity index (χ4v) is 2.91. The van der Waals surface area contributed by atoms with E-state index in [9.17, 15) is 0 Å². The lowest BCUT2D eigenvalue weighted by Crippen LogP contribution is -2.12. The number of hydrogen-bond donors (Lipinski definition) is 2. The van der Waals surface area contributed by atoms with Gasteiger partial charge < -0.3 is 5.43 Å². The number of aryl methyl sites for hydroxylation is 1. The predicted octanol–water partition coefficient (Wildman–Crippen LogP) is 3.44. The number of rotatable bonds is 1. The van der Waals surface area contributed by atoms with Crippen LogP contribution in [0.1, 0.15) is 30.5 Å². The number of nitrogens with two attached hydrogens (primary N) is 1. The Labute approximate surface area is 111 Å². The molecule has 3 nitrogen and oxygen atoms in total. The summed E-state index contributed by atoms with van der Waals surface area (Å²) in [4.78, 5) is 4.77. The number of benzene rings is 1. The predicted molar refractivity (Wildman–Crippen MR) is 75.8 cm³/mol. The molecule has 18 heavy (non-hydrogen) atoms. The first-order valence-corrected chi connectivity index (χ1v) is 6.75. The minimum atomic E-state index is 0.717. The Balaban J connectivity index is 2.31. The van der Waals surface area contributed by atoms with Crippen LogP contribution in [-0.2, 0) is 12.8 Å². The maximum atomic E-state index is 6.07. The van der Waals surface area contributed by atoms with Crippen LogP contribution in [0, 0.1) is 0 Å². The van der Waals surface area contributed by atoms with E-state index in [0.717, 1.165) is 34.5 Å². The van der Waals surface area contributed by atoms with E-state index in [-0.39, 0.29) is 0 Å². The van der Waals surface area contributed by atoms with Gasteiger partial charge in [0, 0.05) is 16.1 Å². The van der Waals surface area contributed by atoms with Gasteiger partial charge in [-0.1, -0.05) is 18.0 Å². The number of fused-ring (bicyclic) bond motifs is 2. The standard InChI is InChI=1S/C14H16ClN3/c15-9-6-7-13-11(8-9)14(18-16)10-4-2-1-3-5-12(10)17-13/h6-8H,1-5,16H2,(H,17,18). The van der Waals surface area contributed by atoms with Crippen LogP contribution in [0.4, 0.5) is 5.69 Å². The number of nitrogens with zero attached hydrogens (tertiary/aromatic N) is 1. The topological polar surface area (TPSA) is 50.9 Å². The van der Waals surface area contributed by atoms with Crippen molar-refractivity contribution in [2.75, 3.05) is 5.43 Å². The molecule has 1 aromatic carbocycles. The Morgan fingerprint density at radius 2 is 2.00 bits per heavy atom. The highest BCUT2D eigenvalue weighted by Gasteiger charge is 2.16. The quantitative estimate of drug-likeness (QED) is 0.470. The minimum Gasteiger partial charge on any atom is -0.323 e. The molecule has 1 aromatic heterocycles. The molecular weight excluding hydrogens is 246 g/mol. The smallest absolute Gasteiger partial charge is 0.0727 e. The van der Waals surface area contributed by atoms with E-state index in [1.54, 1.807) is 0 Å². The third-order valence-electron chi connectivity index (χ3n) is 3.62. The normalized spacial score (nSPS) is 15.2. The van der Waals surface area contributed by atoms with Gasteiger partial charge in [-0.2, -0.15) is 0 Å². The van der Waals surface area contributed by atoms with Gasteiger partial charge in [0.2, 0.25) is 0 Å². The summed E-state index contributed by atoms with van der Waals surface area (Å²) < 4.78 is 0. The average molecular weight is 262 g/mol. The maximum Gasteiger partial charge on any atom is 0.0727 e. The molecule has 0 amide bonds. The van der Waals surface area contributed by atoms with E-state index in [4.69, 9.17) is 22.4 Å². The van der Waals surface area contributed by atoms with Crippen molar-refractivity contribution < 1.29 is 0 Å². The van der Waals surface area contributed by atoms with Crippen LogP contribution < -0.4 is 11.3 Å². The maximum absolute atomic E-state index is 6.07. The summed E-state index contributed by atoms with van der Waals surface area (Å²) in [5.41, 5.74) is 7.28. The Kier molecular flexibility index (Phi) is 3.10. The van der Waals surface area contributed by atoms with E-state index in [2.05, 4.69) is 5.43 Å². The highest BCUT2D eigenvalue weighted by molar-refractivity contribution is 6.31. The summed E-state index contributed by atoms with van der Waals surface area (Å²) in [7, 11) is 0. The van der Waals surface area contributed by atoms with Crippen LogP contribution in [-0.4, -0.2) is 4.98 Å². The molecule has 1 aliphatic carbocycles. The summed E-state index contributed by atoms with van der Waals surface area (Å²) >= 11 is 6.07. The molecule has 0 unspecified atom stereocenters. The van der Waals surface area contributed by atoms with Crippen molar-refractivity contribution in [2.24, 2.45) is 5.84 Å². The second-order valence-electron chi connectivity index (χ2n) is 4.78. The van der Waals surface area contributed by atoms with Crippen molar-refractivity contribution >= 4 is 28.2 Å². The van der Waals surface area contributed by atoms with E-state index >= 15 is 0 Å². The van der Waals surface area contributed by atoms with Crippen molar-refractivity contribution in [1.29, 1.82) is 0 Å². The van der Waals surface area contributed by atoms with E-state index in [1.807, 2.05) is 18.2 Å². The molecule has 3 rings (SSSR count). The molecule has 1 heterocycles. The first kappa shape index (κ1) is 11.8. The highest BCUT2D eigenvalue weighted by Crippen LogP contribution is 2.33. The van der Waals surface area contributed by atoms with Gasteiger partial charge in [0.05, 0.1) is 11.2 Å². The fourth-order valence-electron chi connectivity index (χ4n) is 2.74.